The number of carbonyl (C=O) groups is 2. The van der Waals surface area contributed by atoms with Gasteiger partial charge in [0.2, 0.25) is 5.91 Å². The topological polar surface area (TPSA) is 57.6 Å². The maximum atomic E-state index is 12.6. The minimum atomic E-state index is -0.839. The molecule has 3 atom stereocenters. The molecule has 1 N–H and O–H groups in total. The first-order valence-electron chi connectivity index (χ1n) is 7.80. The molecule has 1 aliphatic carbocycles. The molecule has 1 unspecified atom stereocenters. The van der Waals surface area contributed by atoms with E-state index in [4.69, 9.17) is 0 Å². The van der Waals surface area contributed by atoms with Gasteiger partial charge in [0, 0.05) is 13.1 Å². The van der Waals surface area contributed by atoms with Crippen LogP contribution in [0.3, 0.4) is 0 Å². The van der Waals surface area contributed by atoms with Crippen LogP contribution in [-0.4, -0.2) is 35.0 Å². The summed E-state index contributed by atoms with van der Waals surface area (Å²) in [6, 6.07) is 0. The van der Waals surface area contributed by atoms with E-state index in [9.17, 15) is 14.7 Å². The lowest BCUT2D eigenvalue weighted by Crippen LogP contribution is -2.42. The number of hydrogen-bond acceptors (Lipinski definition) is 2. The Labute approximate surface area is 120 Å². The van der Waals surface area contributed by atoms with Crippen molar-refractivity contribution in [3.05, 3.63) is 12.2 Å². The zero-order valence-electron chi connectivity index (χ0n) is 12.3. The minimum Gasteiger partial charge on any atom is -0.481 e. The number of amides is 1. The van der Waals surface area contributed by atoms with Gasteiger partial charge in [0.15, 0.2) is 0 Å². The highest BCUT2D eigenvalue weighted by atomic mass is 16.4. The predicted molar refractivity (Wildman–Crippen MR) is 77.2 cm³/mol. The van der Waals surface area contributed by atoms with Gasteiger partial charge in [0.1, 0.15) is 0 Å². The van der Waals surface area contributed by atoms with Crippen LogP contribution in [0.15, 0.2) is 12.2 Å². The van der Waals surface area contributed by atoms with Gasteiger partial charge < -0.3 is 10.0 Å². The van der Waals surface area contributed by atoms with Gasteiger partial charge in [-0.3, -0.25) is 9.59 Å². The van der Waals surface area contributed by atoms with E-state index in [1.54, 1.807) is 0 Å². The molecule has 4 nitrogen and oxygen atoms in total. The van der Waals surface area contributed by atoms with Gasteiger partial charge in [-0.2, -0.15) is 0 Å². The van der Waals surface area contributed by atoms with Crippen LogP contribution < -0.4 is 0 Å². The Morgan fingerprint density at radius 1 is 1.15 bits per heavy atom. The SMILES string of the molecule is CCC1CCCN(C(=O)[C@@H]2CC=CC[C@@H]2C(=O)O)CC1. The molecule has 1 heterocycles. The normalized spacial score (nSPS) is 30.9. The number of hydrogen-bond donors (Lipinski definition) is 1. The molecule has 1 fully saturated rings. The standard InChI is InChI=1S/C16H25NO3/c1-2-12-6-5-10-17(11-9-12)15(18)13-7-3-4-8-14(13)16(19)20/h3-4,12-14H,2,5-11H2,1H3,(H,19,20)/t12?,13-,14+/m1/s1. The largest absolute Gasteiger partial charge is 0.481 e. The number of allylic oxidation sites excluding steroid dienone is 2. The van der Waals surface area contributed by atoms with Gasteiger partial charge >= 0.3 is 5.97 Å². The van der Waals surface area contributed by atoms with E-state index in [-0.39, 0.29) is 11.8 Å². The summed E-state index contributed by atoms with van der Waals surface area (Å²) >= 11 is 0. The summed E-state index contributed by atoms with van der Waals surface area (Å²) in [4.78, 5) is 25.9. The first-order valence-corrected chi connectivity index (χ1v) is 7.80. The van der Waals surface area contributed by atoms with E-state index in [0.29, 0.717) is 18.8 Å². The van der Waals surface area contributed by atoms with Crippen molar-refractivity contribution in [1.29, 1.82) is 0 Å². The van der Waals surface area contributed by atoms with E-state index in [0.717, 1.165) is 25.9 Å². The highest BCUT2D eigenvalue weighted by Gasteiger charge is 2.36. The number of rotatable bonds is 3. The van der Waals surface area contributed by atoms with Crippen LogP contribution in [0.25, 0.3) is 0 Å². The maximum absolute atomic E-state index is 12.6. The zero-order chi connectivity index (χ0) is 14.5. The Balaban J connectivity index is 2.02. The monoisotopic (exact) mass is 279 g/mol. The number of carboxylic acid groups (broad SMARTS) is 1. The highest BCUT2D eigenvalue weighted by molar-refractivity contribution is 5.85. The fraction of sp³-hybridized carbons (Fsp3) is 0.750. The Morgan fingerprint density at radius 3 is 2.50 bits per heavy atom. The Kier molecular flexibility index (Phi) is 5.21. The summed E-state index contributed by atoms with van der Waals surface area (Å²) in [6.07, 6.45) is 9.36. The summed E-state index contributed by atoms with van der Waals surface area (Å²) in [5, 5.41) is 9.29. The van der Waals surface area contributed by atoms with Crippen LogP contribution in [-0.2, 0) is 9.59 Å². The zero-order valence-corrected chi connectivity index (χ0v) is 12.3. The fourth-order valence-corrected chi connectivity index (χ4v) is 3.39. The van der Waals surface area contributed by atoms with Crippen LogP contribution in [0.2, 0.25) is 0 Å². The lowest BCUT2D eigenvalue weighted by molar-refractivity contribution is -0.150. The maximum Gasteiger partial charge on any atom is 0.307 e. The van der Waals surface area contributed by atoms with E-state index in [1.807, 2.05) is 17.1 Å². The minimum absolute atomic E-state index is 0.0542. The number of nitrogens with zero attached hydrogens (tertiary/aromatic N) is 1. The second-order valence-corrected chi connectivity index (χ2v) is 6.02. The average Bonchev–Trinajstić information content (AvgIpc) is 2.71. The molecular weight excluding hydrogens is 254 g/mol. The lowest BCUT2D eigenvalue weighted by Gasteiger charge is -2.30. The van der Waals surface area contributed by atoms with Crippen LogP contribution in [0.5, 0.6) is 0 Å². The van der Waals surface area contributed by atoms with Crippen molar-refractivity contribution in [3.63, 3.8) is 0 Å². The van der Waals surface area contributed by atoms with E-state index in [1.165, 1.54) is 12.8 Å². The molecule has 0 spiro atoms. The summed E-state index contributed by atoms with van der Waals surface area (Å²) in [5.41, 5.74) is 0. The molecule has 2 rings (SSSR count). The smallest absolute Gasteiger partial charge is 0.307 e. The first-order chi connectivity index (χ1) is 9.63. The molecule has 1 amide bonds. The molecular formula is C16H25NO3. The molecule has 112 valence electrons. The number of aliphatic carboxylic acids is 1. The van der Waals surface area contributed by atoms with Crippen molar-refractivity contribution >= 4 is 11.9 Å². The van der Waals surface area contributed by atoms with Crippen molar-refractivity contribution in [2.24, 2.45) is 17.8 Å². The van der Waals surface area contributed by atoms with Crippen molar-refractivity contribution in [3.8, 4) is 0 Å². The molecule has 20 heavy (non-hydrogen) atoms. The summed E-state index contributed by atoms with van der Waals surface area (Å²) < 4.78 is 0. The highest BCUT2D eigenvalue weighted by Crippen LogP contribution is 2.29. The molecule has 2 aliphatic rings. The van der Waals surface area contributed by atoms with Gasteiger partial charge in [-0.05, 0) is 38.0 Å². The summed E-state index contributed by atoms with van der Waals surface area (Å²) in [6.45, 7) is 3.79. The number of carbonyl (C=O) groups excluding carboxylic acids is 1. The van der Waals surface area contributed by atoms with Crippen LogP contribution in [0.4, 0.5) is 0 Å². The molecule has 1 aliphatic heterocycles. The van der Waals surface area contributed by atoms with Crippen molar-refractivity contribution < 1.29 is 14.7 Å². The predicted octanol–water partition coefficient (Wildman–Crippen LogP) is 2.69. The average molecular weight is 279 g/mol. The summed E-state index contributed by atoms with van der Waals surface area (Å²) in [7, 11) is 0. The van der Waals surface area contributed by atoms with Crippen LogP contribution in [0.1, 0.15) is 45.4 Å². The molecule has 0 saturated carbocycles. The van der Waals surface area contributed by atoms with E-state index in [2.05, 4.69) is 6.92 Å². The first kappa shape index (κ1) is 15.1. The van der Waals surface area contributed by atoms with Crippen LogP contribution >= 0.6 is 0 Å². The third kappa shape index (κ3) is 3.41. The lowest BCUT2D eigenvalue weighted by atomic mass is 9.82. The molecule has 0 aromatic heterocycles. The Hall–Kier alpha value is -1.32. The van der Waals surface area contributed by atoms with Crippen molar-refractivity contribution in [2.45, 2.75) is 45.4 Å². The second-order valence-electron chi connectivity index (χ2n) is 6.02. The van der Waals surface area contributed by atoms with Crippen LogP contribution in [0, 0.1) is 17.8 Å². The Morgan fingerprint density at radius 2 is 1.85 bits per heavy atom. The van der Waals surface area contributed by atoms with Gasteiger partial charge in [0.25, 0.3) is 0 Å². The molecule has 0 bridgehead atoms. The van der Waals surface area contributed by atoms with Crippen molar-refractivity contribution in [2.75, 3.05) is 13.1 Å². The van der Waals surface area contributed by atoms with E-state index < -0.39 is 11.9 Å². The third-order valence-corrected chi connectivity index (χ3v) is 4.80. The molecule has 0 aromatic carbocycles. The van der Waals surface area contributed by atoms with E-state index >= 15 is 0 Å². The van der Waals surface area contributed by atoms with Gasteiger partial charge in [-0.1, -0.05) is 25.5 Å². The van der Waals surface area contributed by atoms with Gasteiger partial charge in [-0.25, -0.2) is 0 Å². The van der Waals surface area contributed by atoms with Crippen molar-refractivity contribution in [1.82, 2.24) is 4.90 Å². The van der Waals surface area contributed by atoms with Gasteiger partial charge in [-0.15, -0.1) is 0 Å². The molecule has 0 radical (unpaired) electrons. The fourth-order valence-electron chi connectivity index (χ4n) is 3.39. The van der Waals surface area contributed by atoms with Gasteiger partial charge in [0.05, 0.1) is 11.8 Å². The third-order valence-electron chi connectivity index (χ3n) is 4.80. The number of likely N-dealkylation sites (tertiary alicyclic amines) is 1. The molecule has 1 saturated heterocycles. The summed E-state index contributed by atoms with van der Waals surface area (Å²) in [5.74, 6) is -0.977. The molecule has 0 aromatic rings. The Bertz CT molecular complexity index is 391. The second kappa shape index (κ2) is 6.91. The quantitative estimate of drug-likeness (QED) is 0.808. The molecule has 4 heteroatoms. The number of carboxylic acids is 1.